The van der Waals surface area contributed by atoms with Crippen molar-refractivity contribution in [1.82, 2.24) is 9.97 Å². The number of halogens is 1. The number of aryl methyl sites for hydroxylation is 1. The Hall–Kier alpha value is -3.47. The number of hydrogen-bond acceptors (Lipinski definition) is 2. The van der Waals surface area contributed by atoms with E-state index in [1.54, 1.807) is 6.07 Å². The number of nitrogens with one attached hydrogen (secondary N) is 2. The molecule has 3 aromatic carbocycles. The number of rotatable bonds is 3. The van der Waals surface area contributed by atoms with E-state index >= 15 is 0 Å². The van der Waals surface area contributed by atoms with Crippen LogP contribution in [0, 0.1) is 12.7 Å². The number of carbonyl (C=O) groups is 1. The molecule has 128 valence electrons. The molecule has 0 bridgehead atoms. The maximum absolute atomic E-state index is 13.0. The fraction of sp³-hybridized carbons (Fsp3) is 0.0476. The Morgan fingerprint density at radius 1 is 1.04 bits per heavy atom. The van der Waals surface area contributed by atoms with E-state index in [0.717, 1.165) is 28.0 Å². The van der Waals surface area contributed by atoms with Crippen LogP contribution in [0.4, 0.5) is 10.1 Å². The number of imidazole rings is 1. The average molecular weight is 345 g/mol. The van der Waals surface area contributed by atoms with E-state index in [1.807, 2.05) is 43.3 Å². The van der Waals surface area contributed by atoms with Crippen molar-refractivity contribution >= 4 is 22.6 Å². The Balaban J connectivity index is 1.61. The second-order valence-corrected chi connectivity index (χ2v) is 6.15. The Bertz CT molecular complexity index is 1100. The van der Waals surface area contributed by atoms with E-state index in [4.69, 9.17) is 0 Å². The number of fused-ring (bicyclic) bond motifs is 1. The van der Waals surface area contributed by atoms with Gasteiger partial charge in [0.1, 0.15) is 11.6 Å². The number of aromatic nitrogens is 2. The van der Waals surface area contributed by atoms with Crippen molar-refractivity contribution in [2.75, 3.05) is 5.32 Å². The number of carbonyl (C=O) groups excluding carboxylic acids is 1. The Kier molecular flexibility index (Phi) is 3.97. The van der Waals surface area contributed by atoms with Crippen molar-refractivity contribution in [2.45, 2.75) is 6.92 Å². The third-order valence-corrected chi connectivity index (χ3v) is 4.14. The highest BCUT2D eigenvalue weighted by Gasteiger charge is 2.09. The van der Waals surface area contributed by atoms with Crippen molar-refractivity contribution in [1.29, 1.82) is 0 Å². The monoisotopic (exact) mass is 345 g/mol. The lowest BCUT2D eigenvalue weighted by Gasteiger charge is -2.06. The van der Waals surface area contributed by atoms with Gasteiger partial charge in [-0.25, -0.2) is 9.37 Å². The van der Waals surface area contributed by atoms with Crippen molar-refractivity contribution in [3.63, 3.8) is 0 Å². The molecular formula is C21H16FN3O. The average Bonchev–Trinajstić information content (AvgIpc) is 3.05. The predicted molar refractivity (Wildman–Crippen MR) is 101 cm³/mol. The summed E-state index contributed by atoms with van der Waals surface area (Å²) in [6.07, 6.45) is 0. The molecular weight excluding hydrogens is 329 g/mol. The van der Waals surface area contributed by atoms with E-state index in [2.05, 4.69) is 15.3 Å². The minimum Gasteiger partial charge on any atom is -0.338 e. The summed E-state index contributed by atoms with van der Waals surface area (Å²) in [6, 6.07) is 18.9. The van der Waals surface area contributed by atoms with Crippen LogP contribution in [0.25, 0.3) is 22.4 Å². The first-order valence-corrected chi connectivity index (χ1v) is 8.22. The van der Waals surface area contributed by atoms with E-state index in [9.17, 15) is 9.18 Å². The van der Waals surface area contributed by atoms with Crippen LogP contribution < -0.4 is 5.32 Å². The fourth-order valence-corrected chi connectivity index (χ4v) is 2.81. The summed E-state index contributed by atoms with van der Waals surface area (Å²) >= 11 is 0. The van der Waals surface area contributed by atoms with Crippen LogP contribution in [0.3, 0.4) is 0 Å². The number of hydrogen-bond donors (Lipinski definition) is 2. The smallest absolute Gasteiger partial charge is 0.255 e. The third kappa shape index (κ3) is 3.19. The standard InChI is InChI=1S/C21H16FN3O/c1-13-5-10-18-19(11-13)25-20(24-18)15-3-2-4-17(12-15)23-21(26)14-6-8-16(22)9-7-14/h2-12H,1H3,(H,23,26)(H,24,25). The quantitative estimate of drug-likeness (QED) is 0.553. The highest BCUT2D eigenvalue weighted by atomic mass is 19.1. The molecule has 0 unspecified atom stereocenters. The van der Waals surface area contributed by atoms with Crippen molar-refractivity contribution in [3.8, 4) is 11.4 Å². The molecule has 4 rings (SSSR count). The van der Waals surface area contributed by atoms with Gasteiger partial charge in [0.15, 0.2) is 0 Å². The van der Waals surface area contributed by atoms with Crippen LogP contribution in [0.5, 0.6) is 0 Å². The zero-order valence-electron chi connectivity index (χ0n) is 14.1. The molecule has 0 radical (unpaired) electrons. The summed E-state index contributed by atoms with van der Waals surface area (Å²) < 4.78 is 13.0. The first kappa shape index (κ1) is 16.0. The summed E-state index contributed by atoms with van der Waals surface area (Å²) in [7, 11) is 0. The van der Waals surface area contributed by atoms with Crippen molar-refractivity contribution in [2.24, 2.45) is 0 Å². The number of amides is 1. The van der Waals surface area contributed by atoms with Gasteiger partial charge in [-0.3, -0.25) is 4.79 Å². The molecule has 5 heteroatoms. The lowest BCUT2D eigenvalue weighted by molar-refractivity contribution is 0.102. The molecule has 0 aliphatic carbocycles. The SMILES string of the molecule is Cc1ccc2nc(-c3cccc(NC(=O)c4ccc(F)cc4)c3)[nH]c2c1. The highest BCUT2D eigenvalue weighted by Crippen LogP contribution is 2.24. The summed E-state index contributed by atoms with van der Waals surface area (Å²) in [6.45, 7) is 2.03. The van der Waals surface area contributed by atoms with Gasteiger partial charge in [-0.05, 0) is 61.0 Å². The van der Waals surface area contributed by atoms with Crippen molar-refractivity contribution < 1.29 is 9.18 Å². The molecule has 2 N–H and O–H groups in total. The molecule has 1 heterocycles. The number of nitrogens with zero attached hydrogens (tertiary/aromatic N) is 1. The molecule has 4 nitrogen and oxygen atoms in total. The summed E-state index contributed by atoms with van der Waals surface area (Å²) in [5, 5.41) is 2.83. The van der Waals surface area contributed by atoms with Crippen LogP contribution in [-0.4, -0.2) is 15.9 Å². The van der Waals surface area contributed by atoms with Gasteiger partial charge in [0, 0.05) is 16.8 Å². The van der Waals surface area contributed by atoms with Crippen molar-refractivity contribution in [3.05, 3.63) is 83.7 Å². The highest BCUT2D eigenvalue weighted by molar-refractivity contribution is 6.04. The molecule has 0 aliphatic heterocycles. The van der Waals surface area contributed by atoms with Crippen LogP contribution in [0.2, 0.25) is 0 Å². The van der Waals surface area contributed by atoms with Gasteiger partial charge in [-0.2, -0.15) is 0 Å². The minimum absolute atomic E-state index is 0.289. The summed E-state index contributed by atoms with van der Waals surface area (Å²) in [5.41, 5.74) is 4.94. The molecule has 0 aliphatic rings. The topological polar surface area (TPSA) is 57.8 Å². The number of H-pyrrole nitrogens is 1. The van der Waals surface area contributed by atoms with Gasteiger partial charge in [0.2, 0.25) is 0 Å². The maximum Gasteiger partial charge on any atom is 0.255 e. The summed E-state index contributed by atoms with van der Waals surface area (Å²) in [5.74, 6) is 0.0783. The second kappa shape index (κ2) is 6.44. The largest absolute Gasteiger partial charge is 0.338 e. The lowest BCUT2D eigenvalue weighted by atomic mass is 10.1. The van der Waals surface area contributed by atoms with Crippen LogP contribution in [0.1, 0.15) is 15.9 Å². The Morgan fingerprint density at radius 2 is 1.85 bits per heavy atom. The fourth-order valence-electron chi connectivity index (χ4n) is 2.81. The lowest BCUT2D eigenvalue weighted by Crippen LogP contribution is -2.11. The Morgan fingerprint density at radius 3 is 2.65 bits per heavy atom. The second-order valence-electron chi connectivity index (χ2n) is 6.15. The zero-order valence-corrected chi connectivity index (χ0v) is 14.1. The van der Waals surface area contributed by atoms with Gasteiger partial charge < -0.3 is 10.3 Å². The number of aromatic amines is 1. The molecule has 0 saturated carbocycles. The molecule has 4 aromatic rings. The van der Waals surface area contributed by atoms with Crippen LogP contribution in [0.15, 0.2) is 66.7 Å². The zero-order chi connectivity index (χ0) is 18.1. The number of anilines is 1. The van der Waals surface area contributed by atoms with Gasteiger partial charge in [-0.1, -0.05) is 18.2 Å². The first-order chi connectivity index (χ1) is 12.6. The minimum atomic E-state index is -0.372. The van der Waals surface area contributed by atoms with Gasteiger partial charge >= 0.3 is 0 Å². The molecule has 0 spiro atoms. The van der Waals surface area contributed by atoms with E-state index in [1.165, 1.54) is 24.3 Å². The van der Waals surface area contributed by atoms with Crippen LogP contribution >= 0.6 is 0 Å². The third-order valence-electron chi connectivity index (χ3n) is 4.14. The Labute approximate surface area is 149 Å². The normalized spacial score (nSPS) is 10.8. The maximum atomic E-state index is 13.0. The number of benzene rings is 3. The molecule has 26 heavy (non-hydrogen) atoms. The molecule has 1 aromatic heterocycles. The van der Waals surface area contributed by atoms with Gasteiger partial charge in [0.05, 0.1) is 11.0 Å². The molecule has 0 fully saturated rings. The summed E-state index contributed by atoms with van der Waals surface area (Å²) in [4.78, 5) is 20.2. The van der Waals surface area contributed by atoms with E-state index in [0.29, 0.717) is 11.3 Å². The van der Waals surface area contributed by atoms with E-state index in [-0.39, 0.29) is 11.7 Å². The molecule has 0 saturated heterocycles. The van der Waals surface area contributed by atoms with Gasteiger partial charge in [0.25, 0.3) is 5.91 Å². The molecule has 1 amide bonds. The molecule has 0 atom stereocenters. The first-order valence-electron chi connectivity index (χ1n) is 8.22. The predicted octanol–water partition coefficient (Wildman–Crippen LogP) is 4.93. The van der Waals surface area contributed by atoms with E-state index < -0.39 is 0 Å². The van der Waals surface area contributed by atoms with Crippen LogP contribution in [-0.2, 0) is 0 Å². The van der Waals surface area contributed by atoms with Gasteiger partial charge in [-0.15, -0.1) is 0 Å².